The molecule has 2 unspecified atom stereocenters. The SMILES string of the molecule is Cc1cccc(C)c1OCC(=O)N[C@H](Cc1ccccc1)CC(O)[C@@H](Cc1ccccc1)NC(=O)C(CC(C)C)NC(=O)COc1ccc2ccccc2c1. The lowest BCUT2D eigenvalue weighted by Crippen LogP contribution is -2.55. The minimum atomic E-state index is -1.05. The molecule has 3 amide bonds. The predicted octanol–water partition coefficient (Wildman–Crippen LogP) is 6.65. The number of aliphatic hydroxyl groups excluding tert-OH is 1. The predicted molar refractivity (Wildman–Crippen MR) is 217 cm³/mol. The van der Waals surface area contributed by atoms with Crippen LogP contribution in [-0.4, -0.2) is 60.3 Å². The quantitative estimate of drug-likeness (QED) is 0.0751. The molecule has 9 heteroatoms. The van der Waals surface area contributed by atoms with Crippen LogP contribution in [0, 0.1) is 19.8 Å². The lowest BCUT2D eigenvalue weighted by Gasteiger charge is -2.30. The largest absolute Gasteiger partial charge is 0.484 e. The number of aryl methyl sites for hydroxylation is 2. The highest BCUT2D eigenvalue weighted by molar-refractivity contribution is 5.88. The smallest absolute Gasteiger partial charge is 0.258 e. The van der Waals surface area contributed by atoms with Gasteiger partial charge in [-0.05, 0) is 90.6 Å². The van der Waals surface area contributed by atoms with Crippen LogP contribution in [-0.2, 0) is 27.2 Å². The highest BCUT2D eigenvalue weighted by Gasteiger charge is 2.30. The van der Waals surface area contributed by atoms with Crippen LogP contribution in [0.3, 0.4) is 0 Å². The third-order valence-corrected chi connectivity index (χ3v) is 9.51. The van der Waals surface area contributed by atoms with E-state index in [1.165, 1.54) is 0 Å². The van der Waals surface area contributed by atoms with Gasteiger partial charge >= 0.3 is 0 Å². The zero-order valence-corrected chi connectivity index (χ0v) is 32.2. The van der Waals surface area contributed by atoms with Crippen LogP contribution in [0.1, 0.15) is 48.9 Å². The minimum absolute atomic E-state index is 0.0890. The van der Waals surface area contributed by atoms with Crippen LogP contribution in [0.25, 0.3) is 10.8 Å². The summed E-state index contributed by atoms with van der Waals surface area (Å²) in [5, 5.41) is 23.0. The number of hydrogen-bond donors (Lipinski definition) is 4. The van der Waals surface area contributed by atoms with E-state index < -0.39 is 36.0 Å². The maximum Gasteiger partial charge on any atom is 0.258 e. The lowest BCUT2D eigenvalue weighted by molar-refractivity contribution is -0.131. The number of carbonyl (C=O) groups excluding carboxylic acids is 3. The van der Waals surface area contributed by atoms with E-state index in [9.17, 15) is 19.5 Å². The molecule has 0 bridgehead atoms. The molecule has 0 aliphatic rings. The fraction of sp³-hybridized carbons (Fsp3) is 0.326. The molecule has 0 spiro atoms. The van der Waals surface area contributed by atoms with Crippen molar-refractivity contribution in [3.05, 3.63) is 144 Å². The molecule has 5 rings (SSSR count). The van der Waals surface area contributed by atoms with Crippen molar-refractivity contribution in [1.82, 2.24) is 16.0 Å². The number of para-hydroxylation sites is 1. The molecule has 5 aromatic carbocycles. The fourth-order valence-electron chi connectivity index (χ4n) is 6.76. The van der Waals surface area contributed by atoms with Gasteiger partial charge in [0, 0.05) is 6.04 Å². The van der Waals surface area contributed by atoms with Crippen molar-refractivity contribution in [2.75, 3.05) is 13.2 Å². The third-order valence-electron chi connectivity index (χ3n) is 9.51. The Hall–Kier alpha value is -5.67. The van der Waals surface area contributed by atoms with Gasteiger partial charge in [0.25, 0.3) is 11.8 Å². The third kappa shape index (κ3) is 12.7. The summed E-state index contributed by atoms with van der Waals surface area (Å²) in [7, 11) is 0. The molecule has 9 nitrogen and oxygen atoms in total. The molecule has 288 valence electrons. The molecule has 0 aromatic heterocycles. The van der Waals surface area contributed by atoms with Gasteiger partial charge in [0.15, 0.2) is 13.2 Å². The van der Waals surface area contributed by atoms with Gasteiger partial charge < -0.3 is 30.5 Å². The number of aliphatic hydroxyl groups is 1. The summed E-state index contributed by atoms with van der Waals surface area (Å²) in [6.07, 6.45) is 0.284. The monoisotopic (exact) mass is 743 g/mol. The van der Waals surface area contributed by atoms with E-state index in [2.05, 4.69) is 16.0 Å². The summed E-state index contributed by atoms with van der Waals surface area (Å²) in [6, 6.07) is 36.6. The molecule has 4 atom stereocenters. The van der Waals surface area contributed by atoms with E-state index in [-0.39, 0.29) is 31.5 Å². The van der Waals surface area contributed by atoms with Gasteiger partial charge in [0.05, 0.1) is 12.1 Å². The normalized spacial score (nSPS) is 13.3. The molecular formula is C46H53N3O6. The number of amides is 3. The van der Waals surface area contributed by atoms with Gasteiger partial charge in [0.1, 0.15) is 17.5 Å². The first-order chi connectivity index (χ1) is 26.5. The molecule has 0 heterocycles. The number of nitrogens with one attached hydrogen (secondary N) is 3. The second-order valence-corrected chi connectivity index (χ2v) is 14.6. The number of carbonyl (C=O) groups is 3. The number of rotatable bonds is 19. The first-order valence-corrected chi connectivity index (χ1v) is 19.0. The maximum atomic E-state index is 14.0. The Morgan fingerprint density at radius 3 is 1.85 bits per heavy atom. The molecule has 0 aliphatic carbocycles. The van der Waals surface area contributed by atoms with Crippen LogP contribution >= 0.6 is 0 Å². The highest BCUT2D eigenvalue weighted by Crippen LogP contribution is 2.23. The van der Waals surface area contributed by atoms with Crippen molar-refractivity contribution in [3.8, 4) is 11.5 Å². The Labute approximate surface area is 324 Å². The first kappa shape index (κ1) is 40.5. The number of hydrogen-bond acceptors (Lipinski definition) is 6. The van der Waals surface area contributed by atoms with Gasteiger partial charge in [-0.1, -0.05) is 123 Å². The number of ether oxygens (including phenoxy) is 2. The Bertz CT molecular complexity index is 1980. The zero-order chi connectivity index (χ0) is 39.2. The van der Waals surface area contributed by atoms with Crippen LogP contribution in [0.2, 0.25) is 0 Å². The summed E-state index contributed by atoms with van der Waals surface area (Å²) >= 11 is 0. The zero-order valence-electron chi connectivity index (χ0n) is 32.2. The Balaban J connectivity index is 1.28. The van der Waals surface area contributed by atoms with Crippen LogP contribution in [0.4, 0.5) is 0 Å². The topological polar surface area (TPSA) is 126 Å². The summed E-state index contributed by atoms with van der Waals surface area (Å²) < 4.78 is 11.7. The molecular weight excluding hydrogens is 691 g/mol. The van der Waals surface area contributed by atoms with Gasteiger partial charge in [-0.25, -0.2) is 0 Å². The van der Waals surface area contributed by atoms with Crippen molar-refractivity contribution in [3.63, 3.8) is 0 Å². The molecule has 4 N–H and O–H groups in total. The molecule has 0 radical (unpaired) electrons. The van der Waals surface area contributed by atoms with Crippen molar-refractivity contribution < 1.29 is 29.0 Å². The van der Waals surface area contributed by atoms with Crippen molar-refractivity contribution >= 4 is 28.5 Å². The fourth-order valence-corrected chi connectivity index (χ4v) is 6.76. The van der Waals surface area contributed by atoms with E-state index in [0.717, 1.165) is 33.0 Å². The van der Waals surface area contributed by atoms with Gasteiger partial charge in [-0.2, -0.15) is 0 Å². The molecule has 55 heavy (non-hydrogen) atoms. The maximum absolute atomic E-state index is 14.0. The Morgan fingerprint density at radius 2 is 1.20 bits per heavy atom. The second kappa shape index (κ2) is 20.1. The highest BCUT2D eigenvalue weighted by atomic mass is 16.5. The van der Waals surface area contributed by atoms with E-state index in [0.29, 0.717) is 30.8 Å². The molecule has 0 fully saturated rings. The van der Waals surface area contributed by atoms with E-state index in [4.69, 9.17) is 9.47 Å². The van der Waals surface area contributed by atoms with Crippen LogP contribution < -0.4 is 25.4 Å². The van der Waals surface area contributed by atoms with Crippen molar-refractivity contribution in [1.29, 1.82) is 0 Å². The average molecular weight is 744 g/mol. The average Bonchev–Trinajstić information content (AvgIpc) is 3.17. The summed E-state index contributed by atoms with van der Waals surface area (Å²) in [5.41, 5.74) is 3.79. The first-order valence-electron chi connectivity index (χ1n) is 19.0. The van der Waals surface area contributed by atoms with Gasteiger partial charge in [0.2, 0.25) is 5.91 Å². The Kier molecular flexibility index (Phi) is 14.8. The molecule has 0 saturated heterocycles. The minimum Gasteiger partial charge on any atom is -0.484 e. The summed E-state index contributed by atoms with van der Waals surface area (Å²) in [4.78, 5) is 40.5. The van der Waals surface area contributed by atoms with Gasteiger partial charge in [-0.15, -0.1) is 0 Å². The van der Waals surface area contributed by atoms with E-state index >= 15 is 0 Å². The molecule has 0 saturated carbocycles. The van der Waals surface area contributed by atoms with Crippen molar-refractivity contribution in [2.45, 2.75) is 77.6 Å². The molecule has 0 aliphatic heterocycles. The van der Waals surface area contributed by atoms with Crippen LogP contribution in [0.5, 0.6) is 11.5 Å². The lowest BCUT2D eigenvalue weighted by atomic mass is 9.93. The summed E-state index contributed by atoms with van der Waals surface area (Å²) in [6.45, 7) is 7.40. The van der Waals surface area contributed by atoms with E-state index in [1.54, 1.807) is 0 Å². The number of benzene rings is 5. The standard InChI is InChI=1S/C46H53N3O6/c1-31(2)24-41(48-44(52)29-54-39-23-22-36-20-11-12-21-37(36)27-39)46(53)49-40(26-35-18-9-6-10-19-35)42(50)28-38(25-34-16-7-5-8-17-34)47-43(51)30-55-45-32(3)14-13-15-33(45)4/h5-23,27,31,38,40-42,50H,24-26,28-30H2,1-4H3,(H,47,51)(H,48,52)(H,49,53)/t38-,40-,41?,42?/m1/s1. The second-order valence-electron chi connectivity index (χ2n) is 14.6. The Morgan fingerprint density at radius 1 is 0.618 bits per heavy atom. The molecule has 5 aromatic rings. The number of fused-ring (bicyclic) bond motifs is 1. The van der Waals surface area contributed by atoms with Gasteiger partial charge in [-0.3, -0.25) is 14.4 Å². The van der Waals surface area contributed by atoms with Crippen LogP contribution in [0.15, 0.2) is 121 Å². The van der Waals surface area contributed by atoms with Crippen molar-refractivity contribution in [2.24, 2.45) is 5.92 Å². The van der Waals surface area contributed by atoms with E-state index in [1.807, 2.05) is 149 Å². The summed E-state index contributed by atoms with van der Waals surface area (Å²) in [5.74, 6) is 0.169.